The van der Waals surface area contributed by atoms with Crippen LogP contribution in [0.3, 0.4) is 0 Å². The van der Waals surface area contributed by atoms with E-state index in [-0.39, 0.29) is 5.41 Å². The Morgan fingerprint density at radius 3 is 2.22 bits per heavy atom. The molecule has 0 saturated carbocycles. The number of benzene rings is 1. The van der Waals surface area contributed by atoms with Gasteiger partial charge in [-0.05, 0) is 36.9 Å². The Morgan fingerprint density at radius 2 is 1.78 bits per heavy atom. The molecule has 1 atom stereocenters. The van der Waals surface area contributed by atoms with Crippen LogP contribution in [-0.2, 0) is 16.6 Å². The highest BCUT2D eigenvalue weighted by Crippen LogP contribution is 2.22. The van der Waals surface area contributed by atoms with E-state index < -0.39 is 0 Å². The highest BCUT2D eigenvalue weighted by atomic mass is 16.5. The number of rotatable bonds is 6. The van der Waals surface area contributed by atoms with Crippen molar-refractivity contribution in [2.75, 3.05) is 20.3 Å². The van der Waals surface area contributed by atoms with Gasteiger partial charge in [-0.15, -0.1) is 0 Å². The molecule has 0 fully saturated rings. The van der Waals surface area contributed by atoms with Gasteiger partial charge in [0.05, 0.1) is 6.61 Å². The van der Waals surface area contributed by atoms with E-state index in [1.165, 1.54) is 11.1 Å². The summed E-state index contributed by atoms with van der Waals surface area (Å²) in [5.41, 5.74) is 2.98. The Labute approximate surface area is 112 Å². The fraction of sp³-hybridized carbons (Fsp3) is 0.625. The van der Waals surface area contributed by atoms with Crippen molar-refractivity contribution in [1.29, 1.82) is 0 Å². The van der Waals surface area contributed by atoms with Crippen molar-refractivity contribution in [3.63, 3.8) is 0 Å². The van der Waals surface area contributed by atoms with E-state index in [1.54, 1.807) is 0 Å². The van der Waals surface area contributed by atoms with Gasteiger partial charge in [-0.3, -0.25) is 0 Å². The first-order valence-electron chi connectivity index (χ1n) is 6.81. The minimum absolute atomic E-state index is 0.228. The summed E-state index contributed by atoms with van der Waals surface area (Å²) in [7, 11) is 1.99. The van der Waals surface area contributed by atoms with Gasteiger partial charge in [-0.25, -0.2) is 0 Å². The molecule has 1 unspecified atom stereocenters. The zero-order chi connectivity index (χ0) is 13.6. The minimum Gasteiger partial charge on any atom is -0.380 e. The summed E-state index contributed by atoms with van der Waals surface area (Å²) in [5, 5.41) is 3.31. The summed E-state index contributed by atoms with van der Waals surface area (Å²) >= 11 is 0. The zero-order valence-electron chi connectivity index (χ0n) is 12.4. The molecule has 1 aromatic rings. The van der Waals surface area contributed by atoms with Gasteiger partial charge in [-0.2, -0.15) is 0 Å². The fourth-order valence-electron chi connectivity index (χ4n) is 1.93. The predicted octanol–water partition coefficient (Wildman–Crippen LogP) is 3.15. The Morgan fingerprint density at radius 1 is 1.17 bits per heavy atom. The molecule has 102 valence electrons. The maximum absolute atomic E-state index is 5.47. The normalized spacial score (nSPS) is 13.6. The maximum Gasteiger partial charge on any atom is 0.0622 e. The second kappa shape index (κ2) is 6.91. The maximum atomic E-state index is 5.47. The Bertz CT molecular complexity index is 337. The quantitative estimate of drug-likeness (QED) is 0.836. The largest absolute Gasteiger partial charge is 0.380 e. The lowest BCUT2D eigenvalue weighted by Crippen LogP contribution is -2.32. The van der Waals surface area contributed by atoms with Gasteiger partial charge in [0.25, 0.3) is 0 Å². The molecule has 18 heavy (non-hydrogen) atoms. The summed E-state index contributed by atoms with van der Waals surface area (Å²) < 4.78 is 5.47. The summed E-state index contributed by atoms with van der Waals surface area (Å²) in [6.45, 7) is 10.3. The van der Waals surface area contributed by atoms with Crippen LogP contribution in [0, 0.1) is 0 Å². The lowest BCUT2D eigenvalue weighted by atomic mass is 9.86. The van der Waals surface area contributed by atoms with E-state index in [2.05, 4.69) is 50.4 Å². The van der Waals surface area contributed by atoms with Crippen LogP contribution in [-0.4, -0.2) is 26.3 Å². The predicted molar refractivity (Wildman–Crippen MR) is 78.2 cm³/mol. The van der Waals surface area contributed by atoms with Crippen LogP contribution < -0.4 is 5.32 Å². The van der Waals surface area contributed by atoms with E-state index in [0.717, 1.165) is 19.6 Å². The molecule has 0 aromatic heterocycles. The number of likely N-dealkylation sites (N-methyl/N-ethyl adjacent to an activating group) is 1. The monoisotopic (exact) mass is 249 g/mol. The molecule has 0 amide bonds. The molecule has 2 heteroatoms. The average Bonchev–Trinajstić information content (AvgIpc) is 2.34. The van der Waals surface area contributed by atoms with Crippen molar-refractivity contribution in [2.45, 2.75) is 45.6 Å². The number of ether oxygens (including phenoxy) is 1. The number of hydrogen-bond acceptors (Lipinski definition) is 2. The second-order valence-electron chi connectivity index (χ2n) is 5.80. The van der Waals surface area contributed by atoms with E-state index >= 15 is 0 Å². The summed E-state index contributed by atoms with van der Waals surface area (Å²) in [6.07, 6.45) is 1.01. The van der Waals surface area contributed by atoms with Crippen LogP contribution in [0.4, 0.5) is 0 Å². The highest BCUT2D eigenvalue weighted by Gasteiger charge is 2.13. The molecule has 2 nitrogen and oxygen atoms in total. The van der Waals surface area contributed by atoms with Crippen LogP contribution in [0.15, 0.2) is 24.3 Å². The molecule has 0 bridgehead atoms. The Kier molecular flexibility index (Phi) is 5.83. The van der Waals surface area contributed by atoms with E-state index in [0.29, 0.717) is 6.04 Å². The molecule has 0 spiro atoms. The lowest BCUT2D eigenvalue weighted by Gasteiger charge is -2.20. The SMILES string of the molecule is CCOCC(Cc1ccc(C(C)(C)C)cc1)NC. The van der Waals surface area contributed by atoms with Crippen LogP contribution in [0.1, 0.15) is 38.8 Å². The molecular formula is C16H27NO. The third-order valence-electron chi connectivity index (χ3n) is 3.23. The molecule has 0 radical (unpaired) electrons. The molecule has 1 aromatic carbocycles. The third-order valence-corrected chi connectivity index (χ3v) is 3.23. The van der Waals surface area contributed by atoms with Gasteiger partial charge < -0.3 is 10.1 Å². The van der Waals surface area contributed by atoms with Crippen molar-refractivity contribution in [3.05, 3.63) is 35.4 Å². The van der Waals surface area contributed by atoms with Crippen LogP contribution >= 0.6 is 0 Å². The molecule has 0 saturated heterocycles. The summed E-state index contributed by atoms with van der Waals surface area (Å²) in [4.78, 5) is 0. The van der Waals surface area contributed by atoms with Gasteiger partial charge in [-0.1, -0.05) is 45.0 Å². The van der Waals surface area contributed by atoms with Gasteiger partial charge in [0, 0.05) is 12.6 Å². The third kappa shape index (κ3) is 4.79. The zero-order valence-corrected chi connectivity index (χ0v) is 12.4. The first kappa shape index (κ1) is 15.2. The molecule has 0 aliphatic carbocycles. The van der Waals surface area contributed by atoms with Crippen molar-refractivity contribution in [3.8, 4) is 0 Å². The van der Waals surface area contributed by atoms with Crippen LogP contribution in [0.2, 0.25) is 0 Å². The van der Waals surface area contributed by atoms with Crippen molar-refractivity contribution in [1.82, 2.24) is 5.32 Å². The van der Waals surface area contributed by atoms with E-state index in [9.17, 15) is 0 Å². The molecule has 1 rings (SSSR count). The van der Waals surface area contributed by atoms with Gasteiger partial charge in [0.15, 0.2) is 0 Å². The smallest absolute Gasteiger partial charge is 0.0622 e. The van der Waals surface area contributed by atoms with Crippen molar-refractivity contribution in [2.24, 2.45) is 0 Å². The summed E-state index contributed by atoms with van der Waals surface area (Å²) in [6, 6.07) is 9.34. The Hall–Kier alpha value is -0.860. The van der Waals surface area contributed by atoms with Gasteiger partial charge in [0.2, 0.25) is 0 Å². The molecule has 1 N–H and O–H groups in total. The first-order chi connectivity index (χ1) is 8.47. The van der Waals surface area contributed by atoms with E-state index in [1.807, 2.05) is 14.0 Å². The summed E-state index contributed by atoms with van der Waals surface area (Å²) in [5.74, 6) is 0. The van der Waals surface area contributed by atoms with Crippen LogP contribution in [0.25, 0.3) is 0 Å². The number of nitrogens with one attached hydrogen (secondary N) is 1. The topological polar surface area (TPSA) is 21.3 Å². The van der Waals surface area contributed by atoms with Crippen LogP contribution in [0.5, 0.6) is 0 Å². The first-order valence-corrected chi connectivity index (χ1v) is 6.81. The standard InChI is InChI=1S/C16H27NO/c1-6-18-12-15(17-5)11-13-7-9-14(10-8-13)16(2,3)4/h7-10,15,17H,6,11-12H2,1-5H3. The Balaban J connectivity index is 2.62. The van der Waals surface area contributed by atoms with E-state index in [4.69, 9.17) is 4.74 Å². The van der Waals surface area contributed by atoms with Crippen molar-refractivity contribution < 1.29 is 4.74 Å². The van der Waals surface area contributed by atoms with Gasteiger partial charge in [0.1, 0.15) is 0 Å². The number of hydrogen-bond donors (Lipinski definition) is 1. The van der Waals surface area contributed by atoms with Gasteiger partial charge >= 0.3 is 0 Å². The molecular weight excluding hydrogens is 222 g/mol. The highest BCUT2D eigenvalue weighted by molar-refractivity contribution is 5.28. The molecule has 0 aliphatic rings. The minimum atomic E-state index is 0.228. The average molecular weight is 249 g/mol. The fourth-order valence-corrected chi connectivity index (χ4v) is 1.93. The van der Waals surface area contributed by atoms with Crippen molar-refractivity contribution >= 4 is 0 Å². The lowest BCUT2D eigenvalue weighted by molar-refractivity contribution is 0.125. The molecule has 0 aliphatic heterocycles. The second-order valence-corrected chi connectivity index (χ2v) is 5.80. The molecule has 0 heterocycles.